The van der Waals surface area contributed by atoms with Crippen molar-refractivity contribution in [3.63, 3.8) is 0 Å². The highest BCUT2D eigenvalue weighted by Crippen LogP contribution is 2.33. The molecule has 0 bridgehead atoms. The number of hydrogen-bond donors (Lipinski definition) is 0. The molecular formula is C10H10OS3. The second-order valence-electron chi connectivity index (χ2n) is 2.92. The second-order valence-corrected chi connectivity index (χ2v) is 6.45. The predicted octanol–water partition coefficient (Wildman–Crippen LogP) is 3.20. The van der Waals surface area contributed by atoms with Gasteiger partial charge in [0.15, 0.2) is 0 Å². The monoisotopic (exact) mass is 242 g/mol. The zero-order valence-electron chi connectivity index (χ0n) is 7.51. The molecule has 0 spiro atoms. The summed E-state index contributed by atoms with van der Waals surface area (Å²) in [5.74, 6) is 2.02. The maximum atomic E-state index is 5.64. The Balaban J connectivity index is 1.80. The fraction of sp³-hybridized carbons (Fsp3) is 0.300. The van der Waals surface area contributed by atoms with Gasteiger partial charge in [-0.05, 0) is 12.1 Å². The van der Waals surface area contributed by atoms with Gasteiger partial charge >= 0.3 is 0 Å². The third kappa shape index (κ3) is 2.90. The van der Waals surface area contributed by atoms with Crippen LogP contribution in [0, 0.1) is 0 Å². The molecule has 0 amide bonds. The molecule has 1 nitrogen and oxygen atoms in total. The van der Waals surface area contributed by atoms with Crippen molar-refractivity contribution in [2.45, 2.75) is 5.25 Å². The van der Waals surface area contributed by atoms with Gasteiger partial charge in [-0.25, -0.2) is 0 Å². The van der Waals surface area contributed by atoms with E-state index in [0.717, 1.165) is 21.6 Å². The van der Waals surface area contributed by atoms with E-state index in [1.165, 1.54) is 0 Å². The van der Waals surface area contributed by atoms with Crippen LogP contribution >= 0.6 is 35.7 Å². The van der Waals surface area contributed by atoms with Crippen molar-refractivity contribution >= 4 is 39.3 Å². The average molecular weight is 242 g/mol. The van der Waals surface area contributed by atoms with Crippen molar-refractivity contribution in [1.29, 1.82) is 0 Å². The number of ether oxygens (including phenoxy) is 1. The molecule has 1 heterocycles. The van der Waals surface area contributed by atoms with Gasteiger partial charge in [0.1, 0.15) is 15.9 Å². The van der Waals surface area contributed by atoms with Gasteiger partial charge in [0, 0.05) is 5.75 Å². The molecule has 1 saturated heterocycles. The van der Waals surface area contributed by atoms with Gasteiger partial charge in [-0.3, -0.25) is 0 Å². The van der Waals surface area contributed by atoms with Crippen LogP contribution < -0.4 is 4.74 Å². The lowest BCUT2D eigenvalue weighted by Crippen LogP contribution is -2.13. The van der Waals surface area contributed by atoms with Crippen molar-refractivity contribution in [3.8, 4) is 5.75 Å². The minimum Gasteiger partial charge on any atom is -0.492 e. The lowest BCUT2D eigenvalue weighted by Gasteiger charge is -2.09. The molecule has 1 aromatic rings. The highest BCUT2D eigenvalue weighted by molar-refractivity contribution is 8.49. The summed E-state index contributed by atoms with van der Waals surface area (Å²) in [6.45, 7) is 0.752. The van der Waals surface area contributed by atoms with Crippen molar-refractivity contribution in [2.24, 2.45) is 0 Å². The highest BCUT2D eigenvalue weighted by atomic mass is 32.2. The Morgan fingerprint density at radius 2 is 2.14 bits per heavy atom. The van der Waals surface area contributed by atoms with Crippen LogP contribution in [0.4, 0.5) is 0 Å². The minimum absolute atomic E-state index is 0.521. The van der Waals surface area contributed by atoms with Gasteiger partial charge in [-0.2, -0.15) is 0 Å². The van der Waals surface area contributed by atoms with Crippen molar-refractivity contribution < 1.29 is 4.74 Å². The van der Waals surface area contributed by atoms with Gasteiger partial charge in [0.05, 0.1) is 5.25 Å². The van der Waals surface area contributed by atoms with Crippen LogP contribution in [0.25, 0.3) is 0 Å². The Hall–Kier alpha value is -0.190. The molecule has 74 valence electrons. The standard InChI is InChI=1S/C10H10OS3/c12-10-13-7-9(14-10)6-11-8-4-2-1-3-5-8/h1-5,9H,6-7H2. The summed E-state index contributed by atoms with van der Waals surface area (Å²) in [6, 6.07) is 9.91. The molecule has 0 N–H and O–H groups in total. The summed E-state index contributed by atoms with van der Waals surface area (Å²) in [6.07, 6.45) is 0. The number of hydrogen-bond acceptors (Lipinski definition) is 4. The minimum atomic E-state index is 0.521. The van der Waals surface area contributed by atoms with Crippen molar-refractivity contribution in [2.75, 3.05) is 12.4 Å². The summed E-state index contributed by atoms with van der Waals surface area (Å²) in [5.41, 5.74) is 0. The Morgan fingerprint density at radius 3 is 2.79 bits per heavy atom. The molecule has 1 aliphatic heterocycles. The van der Waals surface area contributed by atoms with Gasteiger partial charge < -0.3 is 4.74 Å². The lowest BCUT2D eigenvalue weighted by molar-refractivity contribution is 0.324. The molecule has 0 aromatic heterocycles. The first kappa shape index (κ1) is 10.3. The van der Waals surface area contributed by atoms with Crippen LogP contribution in [0.3, 0.4) is 0 Å². The highest BCUT2D eigenvalue weighted by Gasteiger charge is 2.21. The van der Waals surface area contributed by atoms with Crippen LogP contribution in [-0.2, 0) is 0 Å². The zero-order valence-corrected chi connectivity index (χ0v) is 9.96. The Labute approximate surface area is 97.6 Å². The van der Waals surface area contributed by atoms with Crippen molar-refractivity contribution in [3.05, 3.63) is 30.3 Å². The fourth-order valence-electron chi connectivity index (χ4n) is 1.15. The van der Waals surface area contributed by atoms with Gasteiger partial charge in [-0.15, -0.1) is 11.8 Å². The number of thioether (sulfide) groups is 2. The molecule has 1 aliphatic rings. The molecule has 0 aliphatic carbocycles. The Kier molecular flexibility index (Phi) is 3.73. The van der Waals surface area contributed by atoms with E-state index in [1.807, 2.05) is 30.3 Å². The average Bonchev–Trinajstić information content (AvgIpc) is 2.63. The zero-order chi connectivity index (χ0) is 9.80. The maximum Gasteiger partial charge on any atom is 0.119 e. The Morgan fingerprint density at radius 1 is 1.36 bits per heavy atom. The van der Waals surface area contributed by atoms with Crippen LogP contribution in [0.2, 0.25) is 0 Å². The van der Waals surface area contributed by atoms with E-state index in [4.69, 9.17) is 17.0 Å². The van der Waals surface area contributed by atoms with E-state index in [1.54, 1.807) is 23.5 Å². The molecule has 2 rings (SSSR count). The summed E-state index contributed by atoms with van der Waals surface area (Å²) >= 11 is 8.61. The largest absolute Gasteiger partial charge is 0.492 e. The quantitative estimate of drug-likeness (QED) is 0.752. The van der Waals surface area contributed by atoms with E-state index in [0.29, 0.717) is 5.25 Å². The molecule has 4 heteroatoms. The third-order valence-corrected chi connectivity index (χ3v) is 4.96. The smallest absolute Gasteiger partial charge is 0.119 e. The normalized spacial score (nSPS) is 21.1. The van der Waals surface area contributed by atoms with Crippen molar-refractivity contribution in [1.82, 2.24) is 0 Å². The van der Waals surface area contributed by atoms with E-state index >= 15 is 0 Å². The second kappa shape index (κ2) is 5.05. The number of thiocarbonyl (C=S) groups is 1. The molecule has 0 radical (unpaired) electrons. The molecule has 0 saturated carbocycles. The third-order valence-electron chi connectivity index (χ3n) is 1.83. The molecule has 1 atom stereocenters. The molecule has 14 heavy (non-hydrogen) atoms. The molecule has 1 unspecified atom stereocenters. The first-order chi connectivity index (χ1) is 6.84. The number of rotatable bonds is 3. The molecule has 1 fully saturated rings. The molecular weight excluding hydrogens is 232 g/mol. The van der Waals surface area contributed by atoms with Crippen LogP contribution in [0.1, 0.15) is 0 Å². The summed E-state index contributed by atoms with van der Waals surface area (Å²) in [4.78, 5) is 0. The van der Waals surface area contributed by atoms with Gasteiger partial charge in [0.25, 0.3) is 0 Å². The van der Waals surface area contributed by atoms with Gasteiger partial charge in [-0.1, -0.05) is 42.2 Å². The van der Waals surface area contributed by atoms with E-state index in [9.17, 15) is 0 Å². The first-order valence-electron chi connectivity index (χ1n) is 4.36. The summed E-state index contributed by atoms with van der Waals surface area (Å²) < 4.78 is 6.69. The number of para-hydroxylation sites is 1. The summed E-state index contributed by atoms with van der Waals surface area (Å²) in [5, 5.41) is 0.521. The maximum absolute atomic E-state index is 5.64. The fourth-order valence-corrected chi connectivity index (χ4v) is 3.95. The topological polar surface area (TPSA) is 9.23 Å². The van der Waals surface area contributed by atoms with E-state index < -0.39 is 0 Å². The lowest BCUT2D eigenvalue weighted by atomic mass is 10.3. The molecule has 1 aromatic carbocycles. The van der Waals surface area contributed by atoms with Crippen LogP contribution in [0.15, 0.2) is 30.3 Å². The van der Waals surface area contributed by atoms with Crippen LogP contribution in [0.5, 0.6) is 5.75 Å². The van der Waals surface area contributed by atoms with E-state index in [2.05, 4.69) is 0 Å². The predicted molar refractivity (Wildman–Crippen MR) is 68.4 cm³/mol. The van der Waals surface area contributed by atoms with Gasteiger partial charge in [0.2, 0.25) is 0 Å². The number of benzene rings is 1. The van der Waals surface area contributed by atoms with E-state index in [-0.39, 0.29) is 0 Å². The SMILES string of the molecule is S=C1SCC(COc2ccccc2)S1. The first-order valence-corrected chi connectivity index (χ1v) is 6.63. The Bertz CT molecular complexity index is 312. The summed E-state index contributed by atoms with van der Waals surface area (Å²) in [7, 11) is 0. The van der Waals surface area contributed by atoms with Crippen LogP contribution in [-0.4, -0.2) is 21.1 Å².